The third kappa shape index (κ3) is 4.14. The first-order valence-corrected chi connectivity index (χ1v) is 9.67. The van der Waals surface area contributed by atoms with Crippen molar-refractivity contribution in [2.45, 2.75) is 6.54 Å². The van der Waals surface area contributed by atoms with Gasteiger partial charge in [-0.2, -0.15) is 0 Å². The van der Waals surface area contributed by atoms with Crippen molar-refractivity contribution in [1.82, 2.24) is 30.0 Å². The molecule has 1 aliphatic heterocycles. The van der Waals surface area contributed by atoms with Gasteiger partial charge in [-0.1, -0.05) is 24.3 Å². The number of piperazine rings is 1. The first kappa shape index (κ1) is 19.6. The lowest BCUT2D eigenvalue weighted by Gasteiger charge is -2.35. The monoisotopic (exact) mass is 406 g/mol. The lowest BCUT2D eigenvalue weighted by molar-refractivity contribution is 0.0533. The molecule has 4 rings (SSSR count). The van der Waals surface area contributed by atoms with E-state index in [1.165, 1.54) is 0 Å². The number of hydrogen-bond acceptors (Lipinski definition) is 6. The van der Waals surface area contributed by atoms with Gasteiger partial charge < -0.3 is 14.5 Å². The number of carbonyl (C=O) groups excluding carboxylic acids is 2. The molecule has 1 fully saturated rings. The molecule has 3 aromatic rings. The van der Waals surface area contributed by atoms with Crippen LogP contribution in [0, 0.1) is 0 Å². The maximum Gasteiger partial charge on any atom is 0.257 e. The second-order valence-corrected chi connectivity index (χ2v) is 6.99. The van der Waals surface area contributed by atoms with Gasteiger partial charge in [0.15, 0.2) is 0 Å². The van der Waals surface area contributed by atoms with Crippen LogP contribution in [0.3, 0.4) is 0 Å². The highest BCUT2D eigenvalue weighted by Crippen LogP contribution is 2.20. The minimum atomic E-state index is -0.0773. The molecule has 9 heteroatoms. The highest BCUT2D eigenvalue weighted by molar-refractivity contribution is 5.97. The zero-order valence-electron chi connectivity index (χ0n) is 16.6. The second-order valence-electron chi connectivity index (χ2n) is 6.99. The number of hydrogen-bond donors (Lipinski definition) is 0. The molecule has 2 amide bonds. The average Bonchev–Trinajstić information content (AvgIpc) is 3.32. The van der Waals surface area contributed by atoms with Crippen molar-refractivity contribution in [2.75, 3.05) is 33.3 Å². The summed E-state index contributed by atoms with van der Waals surface area (Å²) >= 11 is 0. The van der Waals surface area contributed by atoms with Gasteiger partial charge in [0.05, 0.1) is 19.2 Å². The molecule has 0 atom stereocenters. The topological polar surface area (TPSA) is 93.5 Å². The Morgan fingerprint density at radius 1 is 0.933 bits per heavy atom. The summed E-state index contributed by atoms with van der Waals surface area (Å²) in [6, 6.07) is 14.6. The Kier molecular flexibility index (Phi) is 5.69. The van der Waals surface area contributed by atoms with Crippen LogP contribution in [0.2, 0.25) is 0 Å². The Morgan fingerprint density at radius 2 is 1.60 bits per heavy atom. The molecule has 2 aromatic carbocycles. The van der Waals surface area contributed by atoms with Gasteiger partial charge in [0.25, 0.3) is 11.8 Å². The summed E-state index contributed by atoms with van der Waals surface area (Å²) in [5.41, 5.74) is 2.17. The number of aromatic nitrogens is 4. The van der Waals surface area contributed by atoms with Crippen LogP contribution >= 0.6 is 0 Å². The van der Waals surface area contributed by atoms with Crippen LogP contribution < -0.4 is 4.74 Å². The number of nitrogens with zero attached hydrogens (tertiary/aromatic N) is 6. The van der Waals surface area contributed by atoms with E-state index in [1.807, 2.05) is 36.4 Å². The van der Waals surface area contributed by atoms with Gasteiger partial charge in [0, 0.05) is 31.7 Å². The molecule has 1 saturated heterocycles. The summed E-state index contributed by atoms with van der Waals surface area (Å²) in [6.07, 6.45) is 1.55. The van der Waals surface area contributed by atoms with Crippen LogP contribution in [-0.4, -0.2) is 75.1 Å². The maximum atomic E-state index is 12.8. The van der Waals surface area contributed by atoms with E-state index in [2.05, 4.69) is 15.5 Å². The van der Waals surface area contributed by atoms with E-state index in [-0.39, 0.29) is 11.8 Å². The normalized spacial score (nSPS) is 13.9. The molecule has 0 N–H and O–H groups in total. The standard InChI is InChI=1S/C21H22N6O3/c1-30-19-5-3-2-4-18(19)21(29)26-12-10-25(11-13-26)20(28)17-8-6-16(7-9-17)14-27-15-22-23-24-27/h2-9,15H,10-14H2,1H3. The summed E-state index contributed by atoms with van der Waals surface area (Å²) in [6.45, 7) is 2.50. The highest BCUT2D eigenvalue weighted by atomic mass is 16.5. The third-order valence-corrected chi connectivity index (χ3v) is 5.13. The van der Waals surface area contributed by atoms with Crippen molar-refractivity contribution in [3.63, 3.8) is 0 Å². The molecule has 9 nitrogen and oxygen atoms in total. The van der Waals surface area contributed by atoms with Crippen LogP contribution in [0.25, 0.3) is 0 Å². The summed E-state index contributed by atoms with van der Waals surface area (Å²) in [4.78, 5) is 29.2. The smallest absolute Gasteiger partial charge is 0.257 e. The van der Waals surface area contributed by atoms with E-state index in [4.69, 9.17) is 4.74 Å². The van der Waals surface area contributed by atoms with Crippen molar-refractivity contribution in [3.05, 3.63) is 71.5 Å². The Bertz CT molecular complexity index is 1010. The maximum absolute atomic E-state index is 12.8. The van der Waals surface area contributed by atoms with Gasteiger partial charge in [-0.3, -0.25) is 9.59 Å². The third-order valence-electron chi connectivity index (χ3n) is 5.13. The Morgan fingerprint density at radius 3 is 2.23 bits per heavy atom. The zero-order valence-corrected chi connectivity index (χ0v) is 16.6. The first-order chi connectivity index (χ1) is 14.7. The van der Waals surface area contributed by atoms with E-state index in [0.29, 0.717) is 49.6 Å². The second kappa shape index (κ2) is 8.73. The molecular weight excluding hydrogens is 384 g/mol. The molecule has 30 heavy (non-hydrogen) atoms. The molecule has 0 aliphatic carbocycles. The van der Waals surface area contributed by atoms with Gasteiger partial charge in [0.2, 0.25) is 0 Å². The molecule has 1 aromatic heterocycles. The number of methoxy groups -OCH3 is 1. The summed E-state index contributed by atoms with van der Waals surface area (Å²) in [7, 11) is 1.55. The molecule has 0 saturated carbocycles. The molecule has 0 spiro atoms. The number of para-hydroxylation sites is 1. The van der Waals surface area contributed by atoms with Gasteiger partial charge in [0.1, 0.15) is 12.1 Å². The molecule has 2 heterocycles. The van der Waals surface area contributed by atoms with Crippen LogP contribution in [-0.2, 0) is 6.54 Å². The number of carbonyl (C=O) groups is 2. The fourth-order valence-electron chi connectivity index (χ4n) is 3.48. The Labute approximate surface area is 173 Å². The Balaban J connectivity index is 1.35. The van der Waals surface area contributed by atoms with E-state index >= 15 is 0 Å². The molecule has 1 aliphatic rings. The van der Waals surface area contributed by atoms with E-state index in [1.54, 1.807) is 40.1 Å². The molecular formula is C21H22N6O3. The van der Waals surface area contributed by atoms with Gasteiger partial charge in [-0.15, -0.1) is 5.10 Å². The molecule has 154 valence electrons. The fraction of sp³-hybridized carbons (Fsp3) is 0.286. The molecule has 0 unspecified atom stereocenters. The van der Waals surface area contributed by atoms with E-state index in [0.717, 1.165) is 5.56 Å². The number of tetrazole rings is 1. The predicted molar refractivity (Wildman–Crippen MR) is 108 cm³/mol. The van der Waals surface area contributed by atoms with E-state index < -0.39 is 0 Å². The molecule has 0 bridgehead atoms. The largest absolute Gasteiger partial charge is 0.496 e. The number of rotatable bonds is 5. The summed E-state index contributed by atoms with van der Waals surface area (Å²) in [5.74, 6) is 0.447. The summed E-state index contributed by atoms with van der Waals surface area (Å²) < 4.78 is 6.91. The van der Waals surface area contributed by atoms with Crippen molar-refractivity contribution in [1.29, 1.82) is 0 Å². The first-order valence-electron chi connectivity index (χ1n) is 9.67. The van der Waals surface area contributed by atoms with Crippen molar-refractivity contribution < 1.29 is 14.3 Å². The number of amides is 2. The van der Waals surface area contributed by atoms with Crippen LogP contribution in [0.5, 0.6) is 5.75 Å². The van der Waals surface area contributed by atoms with Crippen molar-refractivity contribution >= 4 is 11.8 Å². The number of benzene rings is 2. The van der Waals surface area contributed by atoms with Gasteiger partial charge in [-0.05, 0) is 40.3 Å². The predicted octanol–water partition coefficient (Wildman–Crippen LogP) is 1.33. The lowest BCUT2D eigenvalue weighted by atomic mass is 10.1. The van der Waals surface area contributed by atoms with E-state index in [9.17, 15) is 9.59 Å². The van der Waals surface area contributed by atoms with Crippen LogP contribution in [0.4, 0.5) is 0 Å². The van der Waals surface area contributed by atoms with Gasteiger partial charge in [-0.25, -0.2) is 4.68 Å². The quantitative estimate of drug-likeness (QED) is 0.635. The van der Waals surface area contributed by atoms with Gasteiger partial charge >= 0.3 is 0 Å². The van der Waals surface area contributed by atoms with Crippen LogP contribution in [0.15, 0.2) is 54.9 Å². The Hall–Kier alpha value is -3.75. The fourth-order valence-corrected chi connectivity index (χ4v) is 3.48. The number of ether oxygens (including phenoxy) is 1. The molecule has 0 radical (unpaired) electrons. The zero-order chi connectivity index (χ0) is 20.9. The highest BCUT2D eigenvalue weighted by Gasteiger charge is 2.26. The summed E-state index contributed by atoms with van der Waals surface area (Å²) in [5, 5.41) is 11.1. The van der Waals surface area contributed by atoms with Crippen molar-refractivity contribution in [2.24, 2.45) is 0 Å². The minimum Gasteiger partial charge on any atom is -0.496 e. The minimum absolute atomic E-state index is 0.0339. The van der Waals surface area contributed by atoms with Crippen LogP contribution in [0.1, 0.15) is 26.3 Å². The van der Waals surface area contributed by atoms with Crippen molar-refractivity contribution in [3.8, 4) is 5.75 Å². The SMILES string of the molecule is COc1ccccc1C(=O)N1CCN(C(=O)c2ccc(Cn3cnnn3)cc2)CC1. The average molecular weight is 406 g/mol. The lowest BCUT2D eigenvalue weighted by Crippen LogP contribution is -2.50.